The third-order valence-electron chi connectivity index (χ3n) is 1.49. The van der Waals surface area contributed by atoms with E-state index in [9.17, 15) is 26.3 Å². The second kappa shape index (κ2) is 5.80. The van der Waals surface area contributed by atoms with Gasteiger partial charge >= 0.3 is 6.18 Å². The van der Waals surface area contributed by atoms with E-state index in [4.69, 9.17) is 5.11 Å². The van der Waals surface area contributed by atoms with Gasteiger partial charge in [-0.15, -0.1) is 0 Å². The van der Waals surface area contributed by atoms with E-state index in [-0.39, 0.29) is 6.42 Å². The number of aliphatic hydroxyl groups is 1. The van der Waals surface area contributed by atoms with Gasteiger partial charge in [-0.2, -0.15) is 13.2 Å². The van der Waals surface area contributed by atoms with Crippen molar-refractivity contribution in [3.63, 3.8) is 0 Å². The van der Waals surface area contributed by atoms with Gasteiger partial charge in [0.2, 0.25) is 0 Å². The molecule has 0 aliphatic heterocycles. The Kier molecular flexibility index (Phi) is 5.38. The summed E-state index contributed by atoms with van der Waals surface area (Å²) in [5.41, 5.74) is -4.35. The number of alkyl halides is 6. The average Bonchev–Trinajstić information content (AvgIpc) is 2.15. The second-order valence-corrected chi connectivity index (χ2v) is 2.71. The molecule has 1 N–H and O–H groups in total. The maximum absolute atomic E-state index is 12.0. The molecule has 1 atom stereocenters. The maximum atomic E-state index is 12.0. The largest absolute Gasteiger partial charge is 0.434 e. The van der Waals surface area contributed by atoms with Crippen LogP contribution in [0.1, 0.15) is 6.42 Å². The molecule has 0 saturated heterocycles. The lowest BCUT2D eigenvalue weighted by Crippen LogP contribution is -2.50. The zero-order chi connectivity index (χ0) is 12.8. The monoisotopic (exact) mass is 246 g/mol. The molecule has 0 aromatic rings. The van der Waals surface area contributed by atoms with E-state index in [0.29, 0.717) is 0 Å². The number of rotatable bonds is 3. The van der Waals surface area contributed by atoms with Crippen LogP contribution in [0.2, 0.25) is 0 Å². The van der Waals surface area contributed by atoms with Crippen molar-refractivity contribution < 1.29 is 31.4 Å². The first kappa shape index (κ1) is 14.8. The molecule has 0 aliphatic rings. The van der Waals surface area contributed by atoms with Crippen LogP contribution >= 0.6 is 0 Å². The minimum absolute atomic E-state index is 0.0895. The molecule has 0 saturated carbocycles. The topological polar surface area (TPSA) is 20.2 Å². The van der Waals surface area contributed by atoms with Crippen LogP contribution in [0.4, 0.5) is 26.3 Å². The Bertz CT molecular complexity index is 297. The molecule has 0 spiro atoms. The van der Waals surface area contributed by atoms with Gasteiger partial charge < -0.3 is 5.11 Å². The predicted molar refractivity (Wildman–Crippen MR) is 44.5 cm³/mol. The third kappa shape index (κ3) is 3.77. The minimum Gasteiger partial charge on any atom is -0.365 e. The Labute approximate surface area is 87.8 Å². The van der Waals surface area contributed by atoms with Crippen molar-refractivity contribution in [2.75, 3.05) is 6.67 Å². The molecule has 0 aromatic carbocycles. The quantitative estimate of drug-likeness (QED) is 0.599. The molecule has 0 radical (unpaired) electrons. The van der Waals surface area contributed by atoms with E-state index in [1.54, 1.807) is 5.92 Å². The van der Waals surface area contributed by atoms with Crippen LogP contribution in [0.5, 0.6) is 0 Å². The van der Waals surface area contributed by atoms with Gasteiger partial charge in [-0.25, -0.2) is 8.78 Å². The van der Waals surface area contributed by atoms with E-state index in [2.05, 4.69) is 0 Å². The van der Waals surface area contributed by atoms with Crippen LogP contribution in [-0.4, -0.2) is 30.0 Å². The van der Waals surface area contributed by atoms with Crippen molar-refractivity contribution in [2.45, 2.75) is 24.6 Å². The first-order valence-electron chi connectivity index (χ1n) is 4.06. The summed E-state index contributed by atoms with van der Waals surface area (Å²) < 4.78 is 71.6. The Hall–Kier alpha value is -1.16. The van der Waals surface area contributed by atoms with Gasteiger partial charge in [-0.05, 0) is 18.4 Å². The third-order valence-corrected chi connectivity index (χ3v) is 1.49. The molecule has 0 aromatic heterocycles. The first-order chi connectivity index (χ1) is 7.25. The Morgan fingerprint density at radius 1 is 1.25 bits per heavy atom. The van der Waals surface area contributed by atoms with Gasteiger partial charge in [0.25, 0.3) is 12.0 Å². The molecule has 16 heavy (non-hydrogen) atoms. The molecule has 92 valence electrons. The molecule has 0 heterocycles. The zero-order valence-corrected chi connectivity index (χ0v) is 7.86. The van der Waals surface area contributed by atoms with Crippen molar-refractivity contribution in [3.05, 3.63) is 12.2 Å². The Balaban J connectivity index is 4.83. The molecule has 0 aliphatic carbocycles. The molecule has 1 unspecified atom stereocenters. The average molecular weight is 246 g/mol. The van der Waals surface area contributed by atoms with E-state index >= 15 is 0 Å². The SMILES string of the molecule is OC(C#CC=CCCF)(C(F)F)C(F)(F)F. The minimum atomic E-state index is -5.55. The fourth-order valence-corrected chi connectivity index (χ4v) is 0.606. The summed E-state index contributed by atoms with van der Waals surface area (Å²) in [6, 6.07) is 0. The smallest absolute Gasteiger partial charge is 0.365 e. The molecule has 7 heteroatoms. The highest BCUT2D eigenvalue weighted by Gasteiger charge is 2.59. The lowest BCUT2D eigenvalue weighted by atomic mass is 10.1. The summed E-state index contributed by atoms with van der Waals surface area (Å²) in [6.07, 6.45) is -7.88. The van der Waals surface area contributed by atoms with Crippen molar-refractivity contribution in [2.24, 2.45) is 0 Å². The summed E-state index contributed by atoms with van der Waals surface area (Å²) in [7, 11) is 0. The van der Waals surface area contributed by atoms with Gasteiger partial charge in [0.05, 0.1) is 6.67 Å². The first-order valence-corrected chi connectivity index (χ1v) is 4.06. The normalized spacial score (nSPS) is 16.0. The van der Waals surface area contributed by atoms with Crippen molar-refractivity contribution in [3.8, 4) is 11.8 Å². The Morgan fingerprint density at radius 3 is 2.19 bits per heavy atom. The van der Waals surface area contributed by atoms with Crippen LogP contribution < -0.4 is 0 Å². The van der Waals surface area contributed by atoms with Gasteiger partial charge in [-0.3, -0.25) is 4.39 Å². The highest BCUT2D eigenvalue weighted by molar-refractivity contribution is 5.25. The van der Waals surface area contributed by atoms with Crippen molar-refractivity contribution >= 4 is 0 Å². The van der Waals surface area contributed by atoms with Crippen LogP contribution in [0.25, 0.3) is 0 Å². The molecule has 0 amide bonds. The second-order valence-electron chi connectivity index (χ2n) is 2.71. The number of halogens is 6. The number of hydrogen-bond acceptors (Lipinski definition) is 1. The lowest BCUT2D eigenvalue weighted by molar-refractivity contribution is -0.271. The van der Waals surface area contributed by atoms with Crippen molar-refractivity contribution in [1.82, 2.24) is 0 Å². The van der Waals surface area contributed by atoms with E-state index in [1.807, 2.05) is 0 Å². The summed E-state index contributed by atoms with van der Waals surface area (Å²) in [5.74, 6) is 2.62. The fourth-order valence-electron chi connectivity index (χ4n) is 0.606. The lowest BCUT2D eigenvalue weighted by Gasteiger charge is -2.23. The predicted octanol–water partition coefficient (Wildman–Crippen LogP) is 2.46. The summed E-state index contributed by atoms with van der Waals surface area (Å²) in [4.78, 5) is 0. The van der Waals surface area contributed by atoms with Crippen LogP contribution in [0.15, 0.2) is 12.2 Å². The number of hydrogen-bond donors (Lipinski definition) is 1. The van der Waals surface area contributed by atoms with Crippen LogP contribution in [0, 0.1) is 11.8 Å². The van der Waals surface area contributed by atoms with Gasteiger partial charge in [0.15, 0.2) is 0 Å². The summed E-state index contributed by atoms with van der Waals surface area (Å²) in [5, 5.41) is 8.63. The maximum Gasteiger partial charge on any atom is 0.434 e. The van der Waals surface area contributed by atoms with Gasteiger partial charge in [-0.1, -0.05) is 12.0 Å². The zero-order valence-electron chi connectivity index (χ0n) is 7.86. The standard InChI is InChI=1S/C9H8F6O/c10-6-4-2-1-3-5-8(16,7(11)12)9(13,14)15/h1-2,7,16H,4,6H2. The van der Waals surface area contributed by atoms with E-state index in [1.165, 1.54) is 0 Å². The van der Waals surface area contributed by atoms with Crippen molar-refractivity contribution in [1.29, 1.82) is 0 Å². The molecule has 1 nitrogen and oxygen atoms in total. The number of allylic oxidation sites excluding steroid dienone is 2. The summed E-state index contributed by atoms with van der Waals surface area (Å²) >= 11 is 0. The van der Waals surface area contributed by atoms with E-state index < -0.39 is 24.9 Å². The van der Waals surface area contributed by atoms with Gasteiger partial charge in [0.1, 0.15) is 0 Å². The van der Waals surface area contributed by atoms with Crippen LogP contribution in [0.3, 0.4) is 0 Å². The molecule has 0 rings (SSSR count). The highest BCUT2D eigenvalue weighted by atomic mass is 19.4. The van der Waals surface area contributed by atoms with E-state index in [0.717, 1.165) is 18.1 Å². The van der Waals surface area contributed by atoms with Crippen LogP contribution in [-0.2, 0) is 0 Å². The summed E-state index contributed by atoms with van der Waals surface area (Å²) in [6.45, 7) is -0.740. The molecule has 0 bridgehead atoms. The molecule has 0 fully saturated rings. The molecular formula is C9H8F6O. The highest BCUT2D eigenvalue weighted by Crippen LogP contribution is 2.34. The van der Waals surface area contributed by atoms with Gasteiger partial charge in [0, 0.05) is 0 Å². The molecular weight excluding hydrogens is 238 g/mol. The fraction of sp³-hybridized carbons (Fsp3) is 0.556. The Morgan fingerprint density at radius 2 is 1.81 bits per heavy atom.